The zero-order chi connectivity index (χ0) is 16.2. The normalized spacial score (nSPS) is 11.2. The summed E-state index contributed by atoms with van der Waals surface area (Å²) in [5, 5.41) is 18.4. The maximum Gasteiger partial charge on any atom is 0.108 e. The minimum absolute atomic E-state index is 0.696. The molecule has 0 fully saturated rings. The van der Waals surface area contributed by atoms with Crippen LogP contribution in [0.25, 0.3) is 11.3 Å². The topological polar surface area (TPSA) is 50.4 Å². The maximum atomic E-state index is 9.03. The largest absolute Gasteiger partial charge is 0.411 e. The molecule has 1 N–H and O–H groups in total. The Bertz CT molecular complexity index is 829. The second-order valence-corrected chi connectivity index (χ2v) is 6.36. The Morgan fingerprint density at radius 1 is 1.13 bits per heavy atom. The van der Waals surface area contributed by atoms with Crippen LogP contribution in [-0.4, -0.2) is 21.2 Å². The minimum atomic E-state index is 0.696. The van der Waals surface area contributed by atoms with Crippen molar-refractivity contribution in [2.75, 3.05) is 0 Å². The molecule has 0 aliphatic carbocycles. The monoisotopic (exact) mass is 343 g/mol. The lowest BCUT2D eigenvalue weighted by Crippen LogP contribution is -1.93. The van der Waals surface area contributed by atoms with E-state index in [2.05, 4.69) is 10.3 Å². The van der Waals surface area contributed by atoms with Crippen LogP contribution in [0.3, 0.4) is 0 Å². The molecule has 1 aromatic heterocycles. The van der Waals surface area contributed by atoms with Gasteiger partial charge in [-0.1, -0.05) is 58.9 Å². The summed E-state index contributed by atoms with van der Waals surface area (Å²) in [7, 11) is 1.87. The molecule has 3 rings (SSSR count). The molecule has 23 heavy (non-hydrogen) atoms. The molecule has 4 nitrogen and oxygen atoms in total. The van der Waals surface area contributed by atoms with Crippen LogP contribution in [0, 0.1) is 0 Å². The van der Waals surface area contributed by atoms with E-state index in [0.29, 0.717) is 5.02 Å². The van der Waals surface area contributed by atoms with Gasteiger partial charge in [-0.25, -0.2) is 0 Å². The molecule has 0 spiro atoms. The molecule has 116 valence electrons. The van der Waals surface area contributed by atoms with Crippen LogP contribution >= 0.6 is 23.4 Å². The summed E-state index contributed by atoms with van der Waals surface area (Å²) in [6.45, 7) is 0. The Kier molecular flexibility index (Phi) is 4.69. The smallest absolute Gasteiger partial charge is 0.108 e. The summed E-state index contributed by atoms with van der Waals surface area (Å²) in [6.07, 6.45) is 1.42. The first kappa shape index (κ1) is 15.6. The highest BCUT2D eigenvalue weighted by atomic mass is 35.5. The van der Waals surface area contributed by atoms with Gasteiger partial charge < -0.3 is 5.21 Å². The average Bonchev–Trinajstić information content (AvgIpc) is 2.87. The van der Waals surface area contributed by atoms with Crippen molar-refractivity contribution in [2.45, 2.75) is 9.92 Å². The van der Waals surface area contributed by atoms with Crippen molar-refractivity contribution in [3.05, 3.63) is 65.2 Å². The molecular formula is C17H14ClN3OS. The van der Waals surface area contributed by atoms with E-state index in [9.17, 15) is 0 Å². The number of aromatic nitrogens is 2. The first-order valence-electron chi connectivity index (χ1n) is 6.92. The number of aryl methyl sites for hydroxylation is 1. The molecule has 2 aromatic carbocycles. The van der Waals surface area contributed by atoms with Gasteiger partial charge >= 0.3 is 0 Å². The van der Waals surface area contributed by atoms with Gasteiger partial charge in [-0.3, -0.25) is 4.68 Å². The molecule has 0 radical (unpaired) electrons. The third kappa shape index (κ3) is 3.41. The second-order valence-electron chi connectivity index (χ2n) is 4.86. The molecule has 6 heteroatoms. The quantitative estimate of drug-likeness (QED) is 0.424. The molecule has 0 aliphatic rings. The minimum Gasteiger partial charge on any atom is -0.411 e. The van der Waals surface area contributed by atoms with E-state index in [4.69, 9.17) is 16.8 Å². The Balaban J connectivity index is 2.06. The standard InChI is InChI=1S/C17H14ClN3OS/c1-21-17(23-14-9-7-13(18)8-10-14)15(11-19-22)16(20-21)12-5-3-2-4-6-12/h2-11,22H,1H3/b19-11-. The summed E-state index contributed by atoms with van der Waals surface area (Å²) in [4.78, 5) is 1.03. The zero-order valence-corrected chi connectivity index (χ0v) is 13.9. The lowest BCUT2D eigenvalue weighted by atomic mass is 10.1. The molecule has 0 atom stereocenters. The molecule has 3 aromatic rings. The highest BCUT2D eigenvalue weighted by Gasteiger charge is 2.17. The Morgan fingerprint density at radius 2 is 1.83 bits per heavy atom. The van der Waals surface area contributed by atoms with Crippen LogP contribution in [0.1, 0.15) is 5.56 Å². The zero-order valence-electron chi connectivity index (χ0n) is 12.3. The lowest BCUT2D eigenvalue weighted by Gasteiger charge is -2.04. The van der Waals surface area contributed by atoms with Gasteiger partial charge in [0.05, 0.1) is 11.8 Å². The Morgan fingerprint density at radius 3 is 2.48 bits per heavy atom. The maximum absolute atomic E-state index is 9.03. The van der Waals surface area contributed by atoms with Gasteiger partial charge in [-0.2, -0.15) is 5.10 Å². The number of oxime groups is 1. The molecule has 0 saturated heterocycles. The fraction of sp³-hybridized carbons (Fsp3) is 0.0588. The number of nitrogens with zero attached hydrogens (tertiary/aromatic N) is 3. The van der Waals surface area contributed by atoms with Gasteiger partial charge in [0.15, 0.2) is 0 Å². The molecule has 0 amide bonds. The fourth-order valence-corrected chi connectivity index (χ4v) is 3.30. The molecule has 1 heterocycles. The number of benzene rings is 2. The first-order valence-corrected chi connectivity index (χ1v) is 8.12. The van der Waals surface area contributed by atoms with Crippen molar-refractivity contribution >= 4 is 29.6 Å². The van der Waals surface area contributed by atoms with Crippen LogP contribution in [0.2, 0.25) is 5.02 Å². The summed E-state index contributed by atoms with van der Waals surface area (Å²) in [6, 6.07) is 17.4. The fourth-order valence-electron chi connectivity index (χ4n) is 2.24. The number of halogens is 1. The number of rotatable bonds is 4. The van der Waals surface area contributed by atoms with Crippen molar-refractivity contribution < 1.29 is 5.21 Å². The van der Waals surface area contributed by atoms with E-state index in [1.807, 2.05) is 61.6 Å². The third-order valence-corrected chi connectivity index (χ3v) is 4.73. The van der Waals surface area contributed by atoms with Gasteiger partial charge in [-0.05, 0) is 24.3 Å². The van der Waals surface area contributed by atoms with Gasteiger partial charge in [0.25, 0.3) is 0 Å². The lowest BCUT2D eigenvalue weighted by molar-refractivity contribution is 0.321. The van der Waals surface area contributed by atoms with Crippen LogP contribution in [0.4, 0.5) is 0 Å². The molecule has 0 aliphatic heterocycles. The van der Waals surface area contributed by atoms with Crippen LogP contribution in [0.15, 0.2) is 69.7 Å². The van der Waals surface area contributed by atoms with Crippen LogP contribution < -0.4 is 0 Å². The summed E-state index contributed by atoms with van der Waals surface area (Å²) >= 11 is 7.47. The number of hydrogen-bond acceptors (Lipinski definition) is 4. The van der Waals surface area contributed by atoms with Gasteiger partial charge in [0.2, 0.25) is 0 Å². The van der Waals surface area contributed by atoms with Crippen LogP contribution in [0.5, 0.6) is 0 Å². The van der Waals surface area contributed by atoms with Crippen molar-refractivity contribution in [1.29, 1.82) is 0 Å². The average molecular weight is 344 g/mol. The molecular weight excluding hydrogens is 330 g/mol. The molecule has 0 saturated carbocycles. The van der Waals surface area contributed by atoms with Crippen molar-refractivity contribution in [2.24, 2.45) is 12.2 Å². The van der Waals surface area contributed by atoms with E-state index in [1.54, 1.807) is 16.4 Å². The number of hydrogen-bond donors (Lipinski definition) is 1. The van der Waals surface area contributed by atoms with Gasteiger partial charge in [0.1, 0.15) is 10.7 Å². The highest BCUT2D eigenvalue weighted by molar-refractivity contribution is 7.99. The van der Waals surface area contributed by atoms with Crippen molar-refractivity contribution in [3.8, 4) is 11.3 Å². The van der Waals surface area contributed by atoms with Crippen LogP contribution in [-0.2, 0) is 7.05 Å². The summed E-state index contributed by atoms with van der Waals surface area (Å²) in [5.74, 6) is 0. The van der Waals surface area contributed by atoms with E-state index in [0.717, 1.165) is 26.7 Å². The van der Waals surface area contributed by atoms with E-state index >= 15 is 0 Å². The SMILES string of the molecule is Cn1nc(-c2ccccc2)c(/C=N\O)c1Sc1ccc(Cl)cc1. The first-order chi connectivity index (χ1) is 11.2. The summed E-state index contributed by atoms with van der Waals surface area (Å²) < 4.78 is 1.79. The van der Waals surface area contributed by atoms with E-state index < -0.39 is 0 Å². The third-order valence-electron chi connectivity index (χ3n) is 3.29. The highest BCUT2D eigenvalue weighted by Crippen LogP contribution is 2.34. The summed E-state index contributed by atoms with van der Waals surface area (Å²) in [5.41, 5.74) is 2.53. The predicted octanol–water partition coefficient (Wildman–Crippen LogP) is 4.70. The Labute approximate surface area is 143 Å². The van der Waals surface area contributed by atoms with E-state index in [-0.39, 0.29) is 0 Å². The molecule has 0 bridgehead atoms. The van der Waals surface area contributed by atoms with Gasteiger partial charge in [-0.15, -0.1) is 0 Å². The Hall–Kier alpha value is -2.24. The molecule has 0 unspecified atom stereocenters. The predicted molar refractivity (Wildman–Crippen MR) is 93.6 cm³/mol. The van der Waals surface area contributed by atoms with Crippen molar-refractivity contribution in [1.82, 2.24) is 9.78 Å². The van der Waals surface area contributed by atoms with Gasteiger partial charge in [0, 0.05) is 22.5 Å². The second kappa shape index (κ2) is 6.89. The van der Waals surface area contributed by atoms with E-state index in [1.165, 1.54) is 6.21 Å². The van der Waals surface area contributed by atoms with Crippen molar-refractivity contribution in [3.63, 3.8) is 0 Å².